The summed E-state index contributed by atoms with van der Waals surface area (Å²) >= 11 is 0. The molecule has 0 bridgehead atoms. The first-order valence-electron chi connectivity index (χ1n) is 2.62. The van der Waals surface area contributed by atoms with Gasteiger partial charge in [0.2, 0.25) is 0 Å². The number of alkyl halides is 3. The minimum Gasteiger partial charge on any atom is -0.285 e. The van der Waals surface area contributed by atoms with Crippen LogP contribution in [0.25, 0.3) is 0 Å². The average molecular weight is 150 g/mol. The maximum atomic E-state index is 12.3. The molecule has 2 nitrogen and oxygen atoms in total. The van der Waals surface area contributed by atoms with Crippen molar-refractivity contribution in [3.63, 3.8) is 0 Å². The van der Waals surface area contributed by atoms with Crippen molar-refractivity contribution in [3.05, 3.63) is 18.0 Å². The summed E-state index contributed by atoms with van der Waals surface area (Å²) in [5, 5.41) is 5.57. The summed E-state index contributed by atoms with van der Waals surface area (Å²) in [7, 11) is 0. The fourth-order valence-corrected chi connectivity index (χ4v) is 0.557. The topological polar surface area (TPSA) is 28.7 Å². The summed E-state index contributed by atoms with van der Waals surface area (Å²) < 4.78 is 35.4. The second-order valence-electron chi connectivity index (χ2n) is 1.77. The maximum absolute atomic E-state index is 12.3. The number of halogens is 3. The molecule has 1 N–H and O–H groups in total. The van der Waals surface area contributed by atoms with Crippen molar-refractivity contribution in [1.82, 2.24) is 10.2 Å². The number of H-pyrrole nitrogens is 1. The normalized spacial score (nSPS) is 14.0. The number of nitrogens with zero attached hydrogens (tertiary/aromatic N) is 1. The molecule has 0 aliphatic rings. The highest BCUT2D eigenvalue weighted by molar-refractivity contribution is 5.07. The van der Waals surface area contributed by atoms with Crippen molar-refractivity contribution < 1.29 is 13.2 Å². The van der Waals surface area contributed by atoms with Crippen molar-refractivity contribution in [2.75, 3.05) is 0 Å². The molecule has 1 atom stereocenters. The van der Waals surface area contributed by atoms with Crippen molar-refractivity contribution in [2.45, 2.75) is 12.6 Å². The molecule has 0 aromatic carbocycles. The van der Waals surface area contributed by atoms with Crippen LogP contribution in [0, 0.1) is 0 Å². The van der Waals surface area contributed by atoms with Crippen LogP contribution in [0.3, 0.4) is 0 Å². The van der Waals surface area contributed by atoms with Crippen LogP contribution < -0.4 is 0 Å². The standard InChI is InChI=1S/C5H5F3N2/c6-4(5(7)8)3-1-9-10-2-3/h1-2,4-5H,(H,9,10). The largest absolute Gasteiger partial charge is 0.285 e. The average Bonchev–Trinajstić information content (AvgIpc) is 2.36. The monoisotopic (exact) mass is 150 g/mol. The minimum absolute atomic E-state index is 0.116. The van der Waals surface area contributed by atoms with Crippen LogP contribution in [-0.4, -0.2) is 16.6 Å². The number of hydrogen-bond donors (Lipinski definition) is 1. The molecule has 0 aliphatic heterocycles. The first-order valence-corrected chi connectivity index (χ1v) is 2.62. The number of aromatic nitrogens is 2. The van der Waals surface area contributed by atoms with Crippen LogP contribution in [0.1, 0.15) is 11.7 Å². The summed E-state index contributed by atoms with van der Waals surface area (Å²) in [4.78, 5) is 0. The molecule has 1 unspecified atom stereocenters. The Kier molecular flexibility index (Phi) is 1.94. The molecule has 1 rings (SSSR count). The van der Waals surface area contributed by atoms with Crippen LogP contribution in [0.5, 0.6) is 0 Å². The third kappa shape index (κ3) is 1.29. The first kappa shape index (κ1) is 7.11. The smallest absolute Gasteiger partial charge is 0.273 e. The van der Waals surface area contributed by atoms with Gasteiger partial charge in [0.15, 0.2) is 6.17 Å². The zero-order valence-corrected chi connectivity index (χ0v) is 4.89. The Bertz CT molecular complexity index is 185. The highest BCUT2D eigenvalue weighted by Gasteiger charge is 2.21. The van der Waals surface area contributed by atoms with E-state index in [1.165, 1.54) is 0 Å². The van der Waals surface area contributed by atoms with Crippen LogP contribution in [-0.2, 0) is 0 Å². The lowest BCUT2D eigenvalue weighted by Crippen LogP contribution is -2.01. The fourth-order valence-electron chi connectivity index (χ4n) is 0.557. The zero-order valence-electron chi connectivity index (χ0n) is 4.89. The minimum atomic E-state index is -2.97. The van der Waals surface area contributed by atoms with Crippen molar-refractivity contribution in [3.8, 4) is 0 Å². The van der Waals surface area contributed by atoms with E-state index >= 15 is 0 Å². The Morgan fingerprint density at radius 1 is 1.40 bits per heavy atom. The van der Waals surface area contributed by atoms with E-state index in [1.807, 2.05) is 0 Å². The predicted molar refractivity (Wildman–Crippen MR) is 28.4 cm³/mol. The Morgan fingerprint density at radius 3 is 2.50 bits per heavy atom. The molecule has 0 aliphatic carbocycles. The molecule has 1 aromatic rings. The maximum Gasteiger partial charge on any atom is 0.273 e. The van der Waals surface area contributed by atoms with E-state index in [0.29, 0.717) is 0 Å². The second-order valence-corrected chi connectivity index (χ2v) is 1.77. The summed E-state index contributed by atoms with van der Waals surface area (Å²) in [6.07, 6.45) is -3.05. The Morgan fingerprint density at radius 2 is 2.10 bits per heavy atom. The highest BCUT2D eigenvalue weighted by atomic mass is 19.3. The predicted octanol–water partition coefficient (Wildman–Crippen LogP) is 1.69. The SMILES string of the molecule is FC(F)C(F)c1cn[nH]c1. The molecule has 0 spiro atoms. The van der Waals surface area contributed by atoms with E-state index < -0.39 is 12.6 Å². The van der Waals surface area contributed by atoms with Gasteiger partial charge in [-0.1, -0.05) is 0 Å². The van der Waals surface area contributed by atoms with Gasteiger partial charge in [0, 0.05) is 11.8 Å². The molecule has 10 heavy (non-hydrogen) atoms. The summed E-state index contributed by atoms with van der Waals surface area (Å²) in [5.41, 5.74) is -0.116. The van der Waals surface area contributed by atoms with Gasteiger partial charge in [-0.15, -0.1) is 0 Å². The Hall–Kier alpha value is -1.00. The summed E-state index contributed by atoms with van der Waals surface area (Å²) in [6.45, 7) is 0. The van der Waals surface area contributed by atoms with E-state index in [0.717, 1.165) is 12.4 Å². The summed E-state index contributed by atoms with van der Waals surface area (Å²) in [6, 6.07) is 0. The van der Waals surface area contributed by atoms with Crippen LogP contribution in [0.4, 0.5) is 13.2 Å². The molecule has 0 amide bonds. The Labute approximate surface area is 55.1 Å². The van der Waals surface area contributed by atoms with Gasteiger partial charge in [-0.3, -0.25) is 5.10 Å². The van der Waals surface area contributed by atoms with Gasteiger partial charge in [-0.2, -0.15) is 5.10 Å². The fraction of sp³-hybridized carbons (Fsp3) is 0.400. The van der Waals surface area contributed by atoms with Crippen LogP contribution in [0.2, 0.25) is 0 Å². The second kappa shape index (κ2) is 2.72. The van der Waals surface area contributed by atoms with Crippen molar-refractivity contribution >= 4 is 0 Å². The molecular formula is C5H5F3N2. The lowest BCUT2D eigenvalue weighted by atomic mass is 10.2. The van der Waals surface area contributed by atoms with Gasteiger partial charge >= 0.3 is 0 Å². The quantitative estimate of drug-likeness (QED) is 0.682. The number of rotatable bonds is 2. The van der Waals surface area contributed by atoms with Crippen LogP contribution >= 0.6 is 0 Å². The third-order valence-electron chi connectivity index (χ3n) is 1.06. The highest BCUT2D eigenvalue weighted by Crippen LogP contribution is 2.22. The van der Waals surface area contributed by atoms with E-state index in [-0.39, 0.29) is 5.56 Å². The number of hydrogen-bond acceptors (Lipinski definition) is 1. The molecule has 0 saturated carbocycles. The third-order valence-corrected chi connectivity index (χ3v) is 1.06. The van der Waals surface area contributed by atoms with E-state index in [4.69, 9.17) is 0 Å². The van der Waals surface area contributed by atoms with Crippen molar-refractivity contribution in [1.29, 1.82) is 0 Å². The Balaban J connectivity index is 2.68. The molecule has 5 heteroatoms. The van der Waals surface area contributed by atoms with Gasteiger partial charge in [-0.05, 0) is 0 Å². The molecular weight excluding hydrogens is 145 g/mol. The number of nitrogens with one attached hydrogen (secondary N) is 1. The number of aromatic amines is 1. The van der Waals surface area contributed by atoms with Crippen LogP contribution in [0.15, 0.2) is 12.4 Å². The molecule has 1 heterocycles. The van der Waals surface area contributed by atoms with Gasteiger partial charge in [0.25, 0.3) is 6.43 Å². The summed E-state index contributed by atoms with van der Waals surface area (Å²) in [5.74, 6) is 0. The molecule has 56 valence electrons. The lowest BCUT2D eigenvalue weighted by molar-refractivity contribution is 0.0496. The first-order chi connectivity index (χ1) is 4.72. The van der Waals surface area contributed by atoms with Gasteiger partial charge < -0.3 is 0 Å². The van der Waals surface area contributed by atoms with Crippen molar-refractivity contribution in [2.24, 2.45) is 0 Å². The van der Waals surface area contributed by atoms with Gasteiger partial charge in [-0.25, -0.2) is 13.2 Å². The van der Waals surface area contributed by atoms with Gasteiger partial charge in [0.1, 0.15) is 0 Å². The molecule has 1 aromatic heterocycles. The van der Waals surface area contributed by atoms with E-state index in [9.17, 15) is 13.2 Å². The molecule has 0 saturated heterocycles. The lowest BCUT2D eigenvalue weighted by Gasteiger charge is -2.01. The van der Waals surface area contributed by atoms with E-state index in [2.05, 4.69) is 10.2 Å². The van der Waals surface area contributed by atoms with Gasteiger partial charge in [0.05, 0.1) is 6.20 Å². The van der Waals surface area contributed by atoms with E-state index in [1.54, 1.807) is 0 Å². The zero-order chi connectivity index (χ0) is 7.56. The molecule has 0 fully saturated rings. The molecule has 0 radical (unpaired) electrons.